The van der Waals surface area contributed by atoms with Crippen LogP contribution in [0.5, 0.6) is 17.5 Å². The lowest BCUT2D eigenvalue weighted by Crippen LogP contribution is -2.12. The molecule has 2 N–H and O–H groups in total. The fraction of sp³-hybridized carbons (Fsp3) is 0.150. The molecule has 1 aromatic carbocycles. The van der Waals surface area contributed by atoms with E-state index in [1.54, 1.807) is 18.2 Å². The minimum atomic E-state index is -4.21. The molecule has 0 fully saturated rings. The first-order valence-electron chi connectivity index (χ1n) is 9.38. The van der Waals surface area contributed by atoms with E-state index in [1.165, 1.54) is 43.3 Å². The molecule has 0 saturated heterocycles. The lowest BCUT2D eigenvalue weighted by atomic mass is 10.1. The number of fused-ring (bicyclic) bond motifs is 1. The Balaban J connectivity index is 2.12. The number of primary sulfonamides is 1. The summed E-state index contributed by atoms with van der Waals surface area (Å²) in [4.78, 5) is 12.3. The summed E-state index contributed by atoms with van der Waals surface area (Å²) in [7, 11) is -1.84. The number of nitrogens with two attached hydrogens (primary N) is 1. The molecule has 3 heterocycles. The van der Waals surface area contributed by atoms with E-state index >= 15 is 0 Å². The van der Waals surface area contributed by atoms with Crippen molar-refractivity contribution < 1.29 is 31.4 Å². The van der Waals surface area contributed by atoms with Crippen LogP contribution in [0.2, 0.25) is 5.02 Å². The summed E-state index contributed by atoms with van der Waals surface area (Å²) < 4.78 is 66.5. The van der Waals surface area contributed by atoms with Crippen LogP contribution in [0.1, 0.15) is 0 Å². The second-order valence-electron chi connectivity index (χ2n) is 6.69. The molecule has 3 aromatic heterocycles. The first-order chi connectivity index (χ1) is 16.2. The molecule has 0 atom stereocenters. The molecule has 0 bridgehead atoms. The van der Waals surface area contributed by atoms with E-state index in [0.717, 1.165) is 0 Å². The molecule has 0 radical (unpaired) electrons. The highest BCUT2D eigenvalue weighted by atomic mass is 35.5. The van der Waals surface area contributed by atoms with Crippen molar-refractivity contribution in [3.8, 4) is 34.7 Å². The maximum absolute atomic E-state index is 12.9. The van der Waals surface area contributed by atoms with Crippen molar-refractivity contribution in [2.75, 3.05) is 14.2 Å². The molecule has 0 aliphatic rings. The number of pyridine rings is 1. The van der Waals surface area contributed by atoms with E-state index < -0.39 is 22.4 Å². The Bertz CT molecular complexity index is 1460. The molecule has 14 heteroatoms. The molecule has 34 heavy (non-hydrogen) atoms. The van der Waals surface area contributed by atoms with Crippen molar-refractivity contribution in [2.45, 2.75) is 11.5 Å². The molecule has 0 aliphatic carbocycles. The minimum Gasteiger partial charge on any atom is -0.478 e. The van der Waals surface area contributed by atoms with Gasteiger partial charge < -0.3 is 14.2 Å². The molecule has 0 unspecified atom stereocenters. The van der Waals surface area contributed by atoms with Gasteiger partial charge in [0.05, 0.1) is 30.5 Å². The average molecular weight is 512 g/mol. The summed E-state index contributed by atoms with van der Waals surface area (Å²) >= 11 is 6.49. The first-order valence-corrected chi connectivity index (χ1v) is 11.3. The summed E-state index contributed by atoms with van der Waals surface area (Å²) in [6.45, 7) is -3.20. The highest BCUT2D eigenvalue weighted by Gasteiger charge is 2.27. The van der Waals surface area contributed by atoms with E-state index in [1.807, 2.05) is 0 Å². The highest BCUT2D eigenvalue weighted by molar-refractivity contribution is 7.89. The molecule has 0 aliphatic heterocycles. The smallest absolute Gasteiger partial charge is 0.387 e. The van der Waals surface area contributed by atoms with Crippen LogP contribution in [0.4, 0.5) is 8.78 Å². The third kappa shape index (κ3) is 4.20. The highest BCUT2D eigenvalue weighted by Crippen LogP contribution is 2.41. The quantitative estimate of drug-likeness (QED) is 0.399. The van der Waals surface area contributed by atoms with Crippen molar-refractivity contribution in [1.82, 2.24) is 19.5 Å². The van der Waals surface area contributed by atoms with Crippen molar-refractivity contribution in [2.24, 2.45) is 5.14 Å². The lowest BCUT2D eigenvalue weighted by molar-refractivity contribution is -0.0534. The van der Waals surface area contributed by atoms with Gasteiger partial charge in [-0.3, -0.25) is 9.55 Å². The fourth-order valence-electron chi connectivity index (χ4n) is 3.38. The van der Waals surface area contributed by atoms with Gasteiger partial charge in [0.2, 0.25) is 21.7 Å². The Kier molecular flexibility index (Phi) is 6.25. The number of benzene rings is 1. The second-order valence-corrected chi connectivity index (χ2v) is 8.63. The van der Waals surface area contributed by atoms with Crippen LogP contribution in [0.15, 0.2) is 47.6 Å². The number of rotatable bonds is 7. The number of sulfonamides is 1. The van der Waals surface area contributed by atoms with E-state index in [2.05, 4.69) is 19.7 Å². The van der Waals surface area contributed by atoms with Gasteiger partial charge in [-0.1, -0.05) is 17.7 Å². The summed E-state index contributed by atoms with van der Waals surface area (Å²) in [6, 6.07) is 8.09. The molecule has 4 aromatic rings. The van der Waals surface area contributed by atoms with E-state index in [4.69, 9.17) is 26.2 Å². The number of hydrogen-bond donors (Lipinski definition) is 1. The number of ether oxygens (including phenoxy) is 3. The van der Waals surface area contributed by atoms with Crippen molar-refractivity contribution in [3.05, 3.63) is 47.7 Å². The van der Waals surface area contributed by atoms with Crippen molar-refractivity contribution >= 4 is 32.5 Å². The summed E-state index contributed by atoms with van der Waals surface area (Å²) in [5.74, 6) is -1.46. The van der Waals surface area contributed by atoms with Crippen LogP contribution in [0.25, 0.3) is 28.1 Å². The van der Waals surface area contributed by atoms with Crippen LogP contribution in [-0.4, -0.2) is 48.8 Å². The van der Waals surface area contributed by atoms with Crippen LogP contribution in [0, 0.1) is 0 Å². The van der Waals surface area contributed by atoms with Crippen molar-refractivity contribution in [1.29, 1.82) is 0 Å². The van der Waals surface area contributed by atoms with Gasteiger partial charge in [-0.2, -0.15) is 18.7 Å². The Hall–Kier alpha value is -3.55. The normalized spacial score (nSPS) is 11.7. The largest absolute Gasteiger partial charge is 0.478 e. The Morgan fingerprint density at radius 1 is 1.09 bits per heavy atom. The zero-order valence-electron chi connectivity index (χ0n) is 17.6. The molecular weight excluding hydrogens is 496 g/mol. The van der Waals surface area contributed by atoms with Gasteiger partial charge in [0.1, 0.15) is 4.90 Å². The molecule has 4 rings (SSSR count). The van der Waals surface area contributed by atoms with Gasteiger partial charge in [0.25, 0.3) is 11.8 Å². The molecule has 178 valence electrons. The number of nitrogens with zero attached hydrogens (tertiary/aromatic N) is 4. The van der Waals surface area contributed by atoms with Crippen LogP contribution in [-0.2, 0) is 10.0 Å². The maximum Gasteiger partial charge on any atom is 0.387 e. The summed E-state index contributed by atoms with van der Waals surface area (Å²) in [5.41, 5.74) is 1.04. The van der Waals surface area contributed by atoms with Crippen LogP contribution < -0.4 is 19.3 Å². The van der Waals surface area contributed by atoms with Gasteiger partial charge in [0.15, 0.2) is 0 Å². The molecule has 10 nitrogen and oxygen atoms in total. The molecule has 0 saturated carbocycles. The van der Waals surface area contributed by atoms with Gasteiger partial charge >= 0.3 is 6.61 Å². The zero-order valence-corrected chi connectivity index (χ0v) is 19.1. The monoisotopic (exact) mass is 511 g/mol. The summed E-state index contributed by atoms with van der Waals surface area (Å²) in [6.07, 6.45) is 2.72. The Morgan fingerprint density at radius 3 is 2.29 bits per heavy atom. The standard InChI is InChI=1S/C20H16ClF2N5O5S/c1-31-17-16(33-19(22)23)18(32-2)27-20(26-17)28-9-13(34(24,29)30)10-6-7-11(21)14(15(10)28)12-5-3-4-8-25-12/h3-9,19H,1-2H3,(H2,24,29,30). The van der Waals surface area contributed by atoms with Gasteiger partial charge in [0, 0.05) is 23.3 Å². The number of methoxy groups -OCH3 is 2. The molecular formula is C20H16ClF2N5O5S. The zero-order chi connectivity index (χ0) is 24.6. The Labute approximate surface area is 196 Å². The minimum absolute atomic E-state index is 0.185. The van der Waals surface area contributed by atoms with Gasteiger partial charge in [-0.15, -0.1) is 0 Å². The van der Waals surface area contributed by atoms with Gasteiger partial charge in [-0.25, -0.2) is 13.6 Å². The number of halogens is 3. The SMILES string of the molecule is COc1nc(-n2cc(S(N)(=O)=O)c3ccc(Cl)c(-c4ccccn4)c32)nc(OC)c1OC(F)F. The third-order valence-corrected chi connectivity index (χ3v) is 5.96. The number of alkyl halides is 2. The Morgan fingerprint density at radius 2 is 1.76 bits per heavy atom. The first kappa shape index (κ1) is 23.6. The third-order valence-electron chi connectivity index (χ3n) is 4.71. The summed E-state index contributed by atoms with van der Waals surface area (Å²) in [5, 5.41) is 5.91. The van der Waals surface area contributed by atoms with E-state index in [9.17, 15) is 17.2 Å². The van der Waals surface area contributed by atoms with E-state index in [0.29, 0.717) is 11.3 Å². The van der Waals surface area contributed by atoms with Crippen LogP contribution in [0.3, 0.4) is 0 Å². The molecule has 0 amide bonds. The molecule has 0 spiro atoms. The number of hydrogen-bond acceptors (Lipinski definition) is 8. The van der Waals surface area contributed by atoms with Gasteiger partial charge in [-0.05, 0) is 24.3 Å². The van der Waals surface area contributed by atoms with Crippen molar-refractivity contribution in [3.63, 3.8) is 0 Å². The van der Waals surface area contributed by atoms with Crippen LogP contribution >= 0.6 is 11.6 Å². The fourth-order valence-corrected chi connectivity index (χ4v) is 4.35. The maximum atomic E-state index is 12.9. The number of aromatic nitrogens is 4. The second kappa shape index (κ2) is 9.00. The predicted octanol–water partition coefficient (Wildman–Crippen LogP) is 3.40. The topological polar surface area (TPSA) is 131 Å². The predicted molar refractivity (Wildman–Crippen MR) is 118 cm³/mol. The lowest BCUT2D eigenvalue weighted by Gasteiger charge is -2.15. The van der Waals surface area contributed by atoms with E-state index in [-0.39, 0.29) is 38.5 Å². The average Bonchev–Trinajstić information content (AvgIpc) is 3.19.